The molecule has 0 aromatic heterocycles. The summed E-state index contributed by atoms with van der Waals surface area (Å²) >= 11 is 0. The largest absolute Gasteiger partial charge is 0.460 e. The lowest BCUT2D eigenvalue weighted by atomic mass is 10.4. The maximum absolute atomic E-state index is 11.5. The Morgan fingerprint density at radius 3 is 2.33 bits per heavy atom. The van der Waals surface area contributed by atoms with Crippen molar-refractivity contribution in [2.24, 2.45) is 0 Å². The highest BCUT2D eigenvalue weighted by Gasteiger charge is 2.18. The van der Waals surface area contributed by atoms with Gasteiger partial charge in [0, 0.05) is 11.6 Å². The summed E-state index contributed by atoms with van der Waals surface area (Å²) in [5.41, 5.74) is 0.263. The van der Waals surface area contributed by atoms with Crippen molar-refractivity contribution in [2.45, 2.75) is 19.9 Å². The smallest absolute Gasteiger partial charge is 0.333 e. The molecule has 0 fully saturated rings. The molecule has 0 heterocycles. The molecule has 0 amide bonds. The zero-order valence-corrected chi connectivity index (χ0v) is 12.1. The van der Waals surface area contributed by atoms with Gasteiger partial charge in [0.05, 0.1) is 5.75 Å². The van der Waals surface area contributed by atoms with E-state index < -0.39 is 16.1 Å². The van der Waals surface area contributed by atoms with E-state index in [4.69, 9.17) is 8.92 Å². The summed E-state index contributed by atoms with van der Waals surface area (Å²) in [4.78, 5) is 12.8. The molecule has 6 nitrogen and oxygen atoms in total. The van der Waals surface area contributed by atoms with Crippen LogP contribution in [0.1, 0.15) is 13.8 Å². The van der Waals surface area contributed by atoms with Gasteiger partial charge in [0.25, 0.3) is 10.1 Å². The van der Waals surface area contributed by atoms with Crippen molar-refractivity contribution in [3.05, 3.63) is 12.2 Å². The van der Waals surface area contributed by atoms with Crippen molar-refractivity contribution >= 4 is 16.1 Å². The number of carbonyl (C=O) groups is 1. The molecule has 0 saturated carbocycles. The molecule has 0 radical (unpaired) electrons. The number of rotatable bonds is 8. The van der Waals surface area contributed by atoms with Gasteiger partial charge in [-0.05, 0) is 27.9 Å². The summed E-state index contributed by atoms with van der Waals surface area (Å²) in [6, 6.07) is -0.145. The van der Waals surface area contributed by atoms with Crippen LogP contribution in [0.5, 0.6) is 0 Å². The lowest BCUT2D eigenvalue weighted by molar-refractivity contribution is -0.139. The van der Waals surface area contributed by atoms with E-state index in [1.54, 1.807) is 25.9 Å². The fraction of sp³-hybridized carbons (Fsp3) is 0.727. The fourth-order valence-electron chi connectivity index (χ4n) is 0.911. The highest BCUT2D eigenvalue weighted by molar-refractivity contribution is 7.86. The zero-order valence-electron chi connectivity index (χ0n) is 11.3. The van der Waals surface area contributed by atoms with Gasteiger partial charge in [-0.25, -0.2) is 4.79 Å². The fourth-order valence-corrected chi connectivity index (χ4v) is 2.22. The minimum atomic E-state index is -3.60. The topological polar surface area (TPSA) is 72.9 Å². The molecule has 0 aliphatic carbocycles. The Bertz CT molecular complexity index is 388. The van der Waals surface area contributed by atoms with E-state index in [0.29, 0.717) is 0 Å². The summed E-state index contributed by atoms with van der Waals surface area (Å²) in [6.07, 6.45) is 0. The Morgan fingerprint density at radius 1 is 1.33 bits per heavy atom. The van der Waals surface area contributed by atoms with Crippen LogP contribution in [0.2, 0.25) is 0 Å². The van der Waals surface area contributed by atoms with Crippen molar-refractivity contribution in [1.29, 1.82) is 0 Å². The van der Waals surface area contributed by atoms with Crippen molar-refractivity contribution in [3.63, 3.8) is 0 Å². The van der Waals surface area contributed by atoms with Gasteiger partial charge in [0.1, 0.15) is 13.2 Å². The van der Waals surface area contributed by atoms with Gasteiger partial charge in [0.15, 0.2) is 0 Å². The number of ether oxygens (including phenoxy) is 1. The summed E-state index contributed by atoms with van der Waals surface area (Å²) in [6.45, 7) is 6.41. The van der Waals surface area contributed by atoms with Crippen LogP contribution in [0.4, 0.5) is 0 Å². The van der Waals surface area contributed by atoms with Crippen molar-refractivity contribution < 1.29 is 22.1 Å². The minimum Gasteiger partial charge on any atom is -0.460 e. The average Bonchev–Trinajstić information content (AvgIpc) is 2.23. The quantitative estimate of drug-likeness (QED) is 0.277. The molecule has 106 valence electrons. The second-order valence-corrected chi connectivity index (χ2v) is 5.96. The maximum atomic E-state index is 11.5. The molecule has 0 rings (SSSR count). The van der Waals surface area contributed by atoms with Gasteiger partial charge in [-0.2, -0.15) is 8.42 Å². The monoisotopic (exact) mass is 279 g/mol. The number of nitrogens with zero attached hydrogens (tertiary/aromatic N) is 1. The van der Waals surface area contributed by atoms with E-state index in [1.165, 1.54) is 6.92 Å². The highest BCUT2D eigenvalue weighted by atomic mass is 32.2. The molecule has 0 aliphatic heterocycles. The molecule has 0 aliphatic rings. The van der Waals surface area contributed by atoms with Gasteiger partial charge in [-0.3, -0.25) is 4.18 Å². The first-order valence-corrected chi connectivity index (χ1v) is 7.09. The van der Waals surface area contributed by atoms with Crippen LogP contribution in [0.25, 0.3) is 0 Å². The SMILES string of the molecule is C=C(C)C(=O)OCCOS(=O)(=O)CC(C)N(C)C. The Labute approximate surface area is 109 Å². The van der Waals surface area contributed by atoms with E-state index >= 15 is 0 Å². The van der Waals surface area contributed by atoms with Gasteiger partial charge in [0.2, 0.25) is 0 Å². The van der Waals surface area contributed by atoms with Crippen LogP contribution >= 0.6 is 0 Å². The zero-order chi connectivity index (χ0) is 14.3. The molecule has 0 aromatic carbocycles. The van der Waals surface area contributed by atoms with Crippen LogP contribution < -0.4 is 0 Å². The lowest BCUT2D eigenvalue weighted by Crippen LogP contribution is -2.33. The highest BCUT2D eigenvalue weighted by Crippen LogP contribution is 2.01. The van der Waals surface area contributed by atoms with Crippen LogP contribution in [0.15, 0.2) is 12.2 Å². The van der Waals surface area contributed by atoms with Crippen LogP contribution in [0.3, 0.4) is 0 Å². The predicted octanol–water partition coefficient (Wildman–Crippen LogP) is 0.402. The molecule has 18 heavy (non-hydrogen) atoms. The molecule has 0 aromatic rings. The first kappa shape index (κ1) is 17.1. The van der Waals surface area contributed by atoms with Crippen LogP contribution in [0, 0.1) is 0 Å². The molecule has 0 bridgehead atoms. The lowest BCUT2D eigenvalue weighted by Gasteiger charge is -2.19. The third kappa shape index (κ3) is 7.41. The summed E-state index contributed by atoms with van der Waals surface area (Å²) in [5, 5.41) is 0. The third-order valence-corrected chi connectivity index (χ3v) is 3.67. The number of carbonyl (C=O) groups excluding carboxylic acids is 1. The average molecular weight is 279 g/mol. The van der Waals surface area contributed by atoms with Gasteiger partial charge >= 0.3 is 5.97 Å². The standard InChI is InChI=1S/C11H21NO5S/c1-9(2)11(13)16-6-7-17-18(14,15)8-10(3)12(4)5/h10H,1,6-8H2,2-5H3. The number of esters is 1. The Morgan fingerprint density at radius 2 is 1.89 bits per heavy atom. The molecule has 0 N–H and O–H groups in total. The molecule has 1 unspecified atom stereocenters. The first-order chi connectivity index (χ1) is 8.15. The van der Waals surface area contributed by atoms with Crippen LogP contribution in [-0.2, 0) is 23.8 Å². The molecule has 1 atom stereocenters. The second-order valence-electron chi connectivity index (χ2n) is 4.28. The van der Waals surface area contributed by atoms with Gasteiger partial charge in [-0.15, -0.1) is 0 Å². The summed E-state index contributed by atoms with van der Waals surface area (Å²) in [7, 11) is -0.0264. The van der Waals surface area contributed by atoms with E-state index in [2.05, 4.69) is 6.58 Å². The Kier molecular flexibility index (Phi) is 7.12. The molecule has 0 saturated heterocycles. The van der Waals surface area contributed by atoms with Gasteiger partial charge in [-0.1, -0.05) is 6.58 Å². The van der Waals surface area contributed by atoms with E-state index in [-0.39, 0.29) is 30.6 Å². The second kappa shape index (κ2) is 7.50. The number of hydrogen-bond acceptors (Lipinski definition) is 6. The molecule has 7 heteroatoms. The molecular formula is C11H21NO5S. The minimum absolute atomic E-state index is 0.103. The first-order valence-electron chi connectivity index (χ1n) is 5.52. The van der Waals surface area contributed by atoms with E-state index in [0.717, 1.165) is 0 Å². The summed E-state index contributed by atoms with van der Waals surface area (Å²) in [5.74, 6) is -0.660. The Hall–Kier alpha value is -0.920. The van der Waals surface area contributed by atoms with Crippen molar-refractivity contribution in [1.82, 2.24) is 4.90 Å². The summed E-state index contributed by atoms with van der Waals surface area (Å²) < 4.78 is 32.5. The molecule has 0 spiro atoms. The third-order valence-electron chi connectivity index (χ3n) is 2.25. The Balaban J connectivity index is 3.99. The van der Waals surface area contributed by atoms with E-state index in [9.17, 15) is 13.2 Å². The van der Waals surface area contributed by atoms with Gasteiger partial charge < -0.3 is 9.64 Å². The van der Waals surface area contributed by atoms with Crippen LogP contribution in [-0.4, -0.2) is 58.4 Å². The normalized spacial score (nSPS) is 13.4. The van der Waals surface area contributed by atoms with Crippen molar-refractivity contribution in [2.75, 3.05) is 33.1 Å². The van der Waals surface area contributed by atoms with Crippen molar-refractivity contribution in [3.8, 4) is 0 Å². The van der Waals surface area contributed by atoms with E-state index in [1.807, 2.05) is 0 Å². The molecular weight excluding hydrogens is 258 g/mol. The number of hydrogen-bond donors (Lipinski definition) is 0. The predicted molar refractivity (Wildman–Crippen MR) is 68.7 cm³/mol. The maximum Gasteiger partial charge on any atom is 0.333 e.